The molecule has 13 N–H and O–H groups in total. The SMILES string of the molecule is O=C([O-])CC(O)C(=O)[O-].O=C([O-])CC(O)C(=O)[O-].O=C([O-])CC(O)C(=O)[O-].O=C([O-])CC(O)C(=O)[O-].O=C([O-])CC(O)C(=O)[O-].O=C([O-])CC(O)C(=O)[O-].O=C([O-])CC(O)C(=O)[O-].O=C([O-])[O-].O=C([O-])[O-].O=C([O-])[O-].O=C([O-])[O-].O=C([O-])[O-].O=C([O-])[O-].O=C([O-])[O-].OC[C@@H](O)[C@@H](O)[C@H](O)[C@@H](O)CO.[Cu+2].[Cu+2].[Cu+2].[Cu+2].[Fe+3].[Fe+3].[Fe+3].[Fe+3].[Mg+2].[Mg+2].[Mg+2].[Mg+2]. The molecule has 0 amide bonds. The minimum absolute atomic E-state index is 0. The first-order valence-electron chi connectivity index (χ1n) is 22.6. The molecular weight excluding hydrogens is 2060 g/mol. The van der Waals surface area contributed by atoms with Crippen LogP contribution in [0.2, 0.25) is 0 Å². The number of hydrogen-bond donors (Lipinski definition) is 13. The van der Waals surface area contributed by atoms with Gasteiger partial charge in [0, 0.05) is 86.7 Å². The zero-order valence-electron chi connectivity index (χ0n) is 54.5. The fourth-order valence-electron chi connectivity index (χ4n) is 2.36. The van der Waals surface area contributed by atoms with Crippen molar-refractivity contribution in [2.24, 2.45) is 0 Å². The van der Waals surface area contributed by atoms with E-state index in [0.29, 0.717) is 0 Å². The Kier molecular flexibility index (Phi) is 208. The summed E-state index contributed by atoms with van der Waals surface area (Å²) in [5.41, 5.74) is 0. The van der Waals surface area contributed by atoms with E-state index in [-0.39, 0.29) is 229 Å². The Morgan fingerprint density at radius 3 is 0.270 bits per heavy atom. The molecule has 8 radical (unpaired) electrons. The van der Waals surface area contributed by atoms with Crippen LogP contribution in [-0.4, -0.2) is 366 Å². The summed E-state index contributed by atoms with van der Waals surface area (Å²) >= 11 is 0. The maximum absolute atomic E-state index is 9.58. The first kappa shape index (κ1) is 189. The van der Waals surface area contributed by atoms with Crippen LogP contribution in [0, 0.1) is 0 Å². The summed E-state index contributed by atoms with van der Waals surface area (Å²) in [6.07, 6.45) is -43.0. The average molecular weight is 2100 g/mol. The van der Waals surface area contributed by atoms with E-state index in [1.807, 2.05) is 0 Å². The Bertz CT molecular complexity index is 2100. The second-order valence-corrected chi connectivity index (χ2v) is 14.1. The number of carbonyl (C=O) groups excluding carboxylic acids is 21. The Morgan fingerprint density at radius 1 is 0.183 bits per heavy atom. The van der Waals surface area contributed by atoms with Crippen molar-refractivity contribution < 1.29 is 447 Å². The number of hydrogen-bond acceptors (Lipinski definition) is 62. The molecule has 0 aliphatic carbocycles. The van der Waals surface area contributed by atoms with Gasteiger partial charge in [0.15, 0.2) is 0 Å². The van der Waals surface area contributed by atoms with Gasteiger partial charge in [-0.25, -0.2) is 0 Å². The summed E-state index contributed by atoms with van der Waals surface area (Å²) < 4.78 is 0. The monoisotopic (exact) mass is 2100 g/mol. The Morgan fingerprint density at radius 2 is 0.243 bits per heavy atom. The fraction of sp³-hybridized carbons (Fsp3) is 0.488. The molecule has 662 valence electrons. The molecule has 0 aliphatic heterocycles. The zero-order chi connectivity index (χ0) is 86.8. The number of carboxylic acids is 14. The second kappa shape index (κ2) is 126. The largest absolute Gasteiger partial charge is 3.00 e. The molecule has 0 rings (SSSR count). The maximum Gasteiger partial charge on any atom is 3.00 e. The van der Waals surface area contributed by atoms with E-state index in [2.05, 4.69) is 0 Å². The molecular formula is C41H42Cu4Fe4Mg4O62. The van der Waals surface area contributed by atoms with Gasteiger partial charge in [-0.15, -0.1) is 0 Å². The summed E-state index contributed by atoms with van der Waals surface area (Å²) in [7, 11) is 0. The second-order valence-electron chi connectivity index (χ2n) is 14.1. The van der Waals surface area contributed by atoms with E-state index >= 15 is 0 Å². The van der Waals surface area contributed by atoms with Gasteiger partial charge in [-0.2, -0.15) is 0 Å². The Balaban J connectivity index is -0.0000000290. The maximum atomic E-state index is 9.58. The predicted octanol–water partition coefficient (Wildman–Crippen LogP) is -48.6. The van der Waals surface area contributed by atoms with Crippen molar-refractivity contribution in [1.82, 2.24) is 0 Å². The topological polar surface area (TPSA) is 1270 Å². The molecule has 0 aromatic carbocycles. The van der Waals surface area contributed by atoms with Gasteiger partial charge in [-0.1, -0.05) is 0 Å². The molecule has 62 nitrogen and oxygen atoms in total. The zero-order valence-corrected chi connectivity index (χ0v) is 68.3. The summed E-state index contributed by atoms with van der Waals surface area (Å²) in [6, 6.07) is 0. The fourth-order valence-corrected chi connectivity index (χ4v) is 2.36. The molecule has 0 saturated carbocycles. The van der Waals surface area contributed by atoms with Crippen LogP contribution in [0.25, 0.3) is 0 Å². The number of aliphatic carboxylic acids is 14. The number of aliphatic hydroxyl groups is 13. The van der Waals surface area contributed by atoms with Crippen molar-refractivity contribution in [3.05, 3.63) is 0 Å². The number of carbonyl (C=O) groups is 21. The predicted molar refractivity (Wildman–Crippen MR) is 243 cm³/mol. The molecule has 7 unspecified atom stereocenters. The standard InChI is InChI=1S/C6H14O6.7C4H6O5.7CH2O3.4Cu.4Fe.4Mg/c7-1-3(9)5(11)6(12)4(10)2-8;7*5-2(4(8)9)1-3(6)7;7*2-1(3)4;;;;;;;;;;;;/h3-12H,1-2H2;7*2,5H,1H2,(H,6,7)(H,8,9);7*(H2,2,3,4);;;;;;;;;;;;/q;;;;;;;;;;;;;;;4*+2;4*+3;4*+2/p-28/t3-,4+,5-,6-;;;;;;;;;;;;;;;;;;;;;;;;;;/m1........................../s1. The van der Waals surface area contributed by atoms with Crippen LogP contribution in [0.1, 0.15) is 44.9 Å². The van der Waals surface area contributed by atoms with Gasteiger partial charge in [-0.3, -0.25) is 0 Å². The molecule has 0 aromatic rings. The summed E-state index contributed by atoms with van der Waals surface area (Å²) in [5, 5.41) is 360. The molecule has 0 fully saturated rings. The van der Waals surface area contributed by atoms with Crippen molar-refractivity contribution in [1.29, 1.82) is 0 Å². The molecule has 0 spiro atoms. The first-order valence-corrected chi connectivity index (χ1v) is 22.6. The van der Waals surface area contributed by atoms with Crippen molar-refractivity contribution in [3.8, 4) is 0 Å². The first-order chi connectivity index (χ1) is 45.9. The van der Waals surface area contributed by atoms with E-state index in [4.69, 9.17) is 171 Å². The van der Waals surface area contributed by atoms with E-state index < -0.39 is 252 Å². The minimum Gasteiger partial charge on any atom is -0.652 e. The van der Waals surface area contributed by atoms with Crippen LogP contribution in [0.5, 0.6) is 0 Å². The molecule has 0 aliphatic rings. The summed E-state index contributed by atoms with van der Waals surface area (Å²) in [5.74, 6) is -24.0. The molecule has 115 heavy (non-hydrogen) atoms. The molecule has 0 saturated heterocycles. The summed E-state index contributed by atoms with van der Waals surface area (Å²) in [4.78, 5) is 192. The third-order valence-corrected chi connectivity index (χ3v) is 5.94. The third kappa shape index (κ3) is 278. The number of carboxylic acid groups (broad SMARTS) is 28. The van der Waals surface area contributed by atoms with Crippen LogP contribution >= 0.6 is 0 Å². The van der Waals surface area contributed by atoms with Crippen LogP contribution in [0.4, 0.5) is 33.6 Å². The van der Waals surface area contributed by atoms with Gasteiger partial charge in [-0.05, 0) is 43.1 Å². The van der Waals surface area contributed by atoms with E-state index in [9.17, 15) is 139 Å². The van der Waals surface area contributed by atoms with Gasteiger partial charge < -0.3 is 310 Å². The van der Waals surface area contributed by atoms with Gasteiger partial charge in [0.1, 0.15) is 24.4 Å². The van der Waals surface area contributed by atoms with Crippen LogP contribution in [-0.2, 0) is 204 Å². The third-order valence-electron chi connectivity index (χ3n) is 5.94. The van der Waals surface area contributed by atoms with Crippen LogP contribution in [0.15, 0.2) is 0 Å². The summed E-state index contributed by atoms with van der Waals surface area (Å²) in [6.45, 7) is -1.45. The normalized spacial score (nSPS) is 10.6. The molecule has 0 bridgehead atoms. The van der Waals surface area contributed by atoms with Crippen LogP contribution < -0.4 is 143 Å². The molecule has 0 aromatic heterocycles. The quantitative estimate of drug-likeness (QED) is 0.0358. The van der Waals surface area contributed by atoms with Crippen molar-refractivity contribution in [2.75, 3.05) is 13.2 Å². The number of aliphatic hydroxyl groups excluding tert-OH is 13. The van der Waals surface area contributed by atoms with Gasteiger partial charge in [0.2, 0.25) is 0 Å². The van der Waals surface area contributed by atoms with Crippen molar-refractivity contribution >= 4 is 219 Å². The van der Waals surface area contributed by atoms with Gasteiger partial charge in [0.25, 0.3) is 0 Å². The smallest absolute Gasteiger partial charge is 0.652 e. The molecule has 0 heterocycles. The average Bonchev–Trinajstić information content (AvgIpc) is 0.906. The van der Waals surface area contributed by atoms with Crippen LogP contribution in [0.3, 0.4) is 0 Å². The number of rotatable bonds is 26. The van der Waals surface area contributed by atoms with E-state index in [1.165, 1.54) is 0 Å². The van der Waals surface area contributed by atoms with Crippen molar-refractivity contribution in [2.45, 2.75) is 112 Å². The van der Waals surface area contributed by atoms with E-state index in [1.54, 1.807) is 0 Å². The van der Waals surface area contributed by atoms with Crippen molar-refractivity contribution in [3.63, 3.8) is 0 Å². The van der Waals surface area contributed by atoms with E-state index in [0.717, 1.165) is 0 Å². The molecule has 11 atom stereocenters. The Labute approximate surface area is 783 Å². The van der Waals surface area contributed by atoms with Gasteiger partial charge in [0.05, 0.1) is 97.7 Å². The minimum atomic E-state index is -2.33. The Hall–Kier alpha value is -5.83. The molecule has 74 heteroatoms. The van der Waals surface area contributed by atoms with Gasteiger partial charge >= 0.3 is 229 Å².